The predicted molar refractivity (Wildman–Crippen MR) is 112 cm³/mol. The van der Waals surface area contributed by atoms with Gasteiger partial charge in [-0.15, -0.1) is 0 Å². The molecule has 0 amide bonds. The Bertz CT molecular complexity index is 868. The molecule has 1 saturated heterocycles. The van der Waals surface area contributed by atoms with Gasteiger partial charge in [-0.05, 0) is 79.8 Å². The van der Waals surface area contributed by atoms with Crippen LogP contribution in [-0.2, 0) is 11.2 Å². The number of benzene rings is 2. The smallest absolute Gasteiger partial charge is 0.330 e. The highest BCUT2D eigenvalue weighted by atomic mass is 16.5. The number of aliphatic carboxylic acids is 1. The third-order valence-electron chi connectivity index (χ3n) is 5.20. The first kappa shape index (κ1) is 20.7. The Morgan fingerprint density at radius 1 is 1.34 bits per heavy atom. The van der Waals surface area contributed by atoms with Crippen molar-refractivity contribution in [2.45, 2.75) is 44.7 Å². The molecule has 2 unspecified atom stereocenters. The summed E-state index contributed by atoms with van der Waals surface area (Å²) < 4.78 is 5.96. The molecule has 1 heterocycles. The zero-order chi connectivity index (χ0) is 20.6. The summed E-state index contributed by atoms with van der Waals surface area (Å²) in [4.78, 5) is 12.0. The molecule has 0 bridgehead atoms. The SMILES string of the molecule is CCc1cc(OCCC2CCCN2)cc(C(Nc2ccc(C#N)cc2)C(=O)O)c1. The summed E-state index contributed by atoms with van der Waals surface area (Å²) >= 11 is 0. The van der Waals surface area contributed by atoms with E-state index in [2.05, 4.69) is 16.7 Å². The summed E-state index contributed by atoms with van der Waals surface area (Å²) in [5.41, 5.74) is 2.86. The van der Waals surface area contributed by atoms with Crippen molar-refractivity contribution in [3.63, 3.8) is 0 Å². The molecule has 29 heavy (non-hydrogen) atoms. The number of nitrogens with one attached hydrogen (secondary N) is 2. The molecule has 6 nitrogen and oxygen atoms in total. The lowest BCUT2D eigenvalue weighted by Gasteiger charge is -2.19. The Hall–Kier alpha value is -3.04. The molecule has 1 aliphatic heterocycles. The lowest BCUT2D eigenvalue weighted by molar-refractivity contribution is -0.138. The normalized spacial score (nSPS) is 16.8. The Balaban J connectivity index is 1.75. The second-order valence-electron chi connectivity index (χ2n) is 7.30. The van der Waals surface area contributed by atoms with Gasteiger partial charge >= 0.3 is 5.97 Å². The molecule has 152 valence electrons. The molecular formula is C23H27N3O3. The van der Waals surface area contributed by atoms with E-state index in [0.717, 1.165) is 24.9 Å². The number of hydrogen-bond donors (Lipinski definition) is 3. The minimum absolute atomic E-state index is 0.508. The molecule has 3 rings (SSSR count). The summed E-state index contributed by atoms with van der Waals surface area (Å²) in [6.45, 7) is 3.71. The summed E-state index contributed by atoms with van der Waals surface area (Å²) in [6, 6.07) is 14.1. The monoisotopic (exact) mass is 393 g/mol. The topological polar surface area (TPSA) is 94.4 Å². The molecule has 0 spiro atoms. The third-order valence-corrected chi connectivity index (χ3v) is 5.20. The van der Waals surface area contributed by atoms with Crippen LogP contribution in [-0.4, -0.2) is 30.3 Å². The Morgan fingerprint density at radius 3 is 2.76 bits per heavy atom. The number of carboxylic acids is 1. The van der Waals surface area contributed by atoms with Crippen LogP contribution >= 0.6 is 0 Å². The van der Waals surface area contributed by atoms with Gasteiger partial charge in [-0.2, -0.15) is 5.26 Å². The van der Waals surface area contributed by atoms with Gasteiger partial charge in [-0.3, -0.25) is 0 Å². The van der Waals surface area contributed by atoms with Crippen LogP contribution in [0.25, 0.3) is 0 Å². The van der Waals surface area contributed by atoms with Crippen molar-refractivity contribution in [2.24, 2.45) is 0 Å². The molecule has 2 aromatic rings. The second-order valence-corrected chi connectivity index (χ2v) is 7.30. The molecule has 1 aliphatic rings. The predicted octanol–water partition coefficient (Wildman–Crippen LogP) is 3.88. The zero-order valence-electron chi connectivity index (χ0n) is 16.6. The molecule has 2 atom stereocenters. The zero-order valence-corrected chi connectivity index (χ0v) is 16.6. The van der Waals surface area contributed by atoms with Gasteiger partial charge in [0.1, 0.15) is 5.75 Å². The molecular weight excluding hydrogens is 366 g/mol. The molecule has 0 aliphatic carbocycles. The maximum atomic E-state index is 12.0. The van der Waals surface area contributed by atoms with Crippen LogP contribution in [0.3, 0.4) is 0 Å². The van der Waals surface area contributed by atoms with Crippen LogP contribution in [0.2, 0.25) is 0 Å². The van der Waals surface area contributed by atoms with Gasteiger partial charge in [0.25, 0.3) is 0 Å². The molecule has 0 radical (unpaired) electrons. The van der Waals surface area contributed by atoms with Crippen molar-refractivity contribution in [1.82, 2.24) is 5.32 Å². The largest absolute Gasteiger partial charge is 0.494 e. The maximum absolute atomic E-state index is 12.0. The van der Waals surface area contributed by atoms with Gasteiger partial charge in [0.05, 0.1) is 18.2 Å². The van der Waals surface area contributed by atoms with E-state index in [1.165, 1.54) is 12.8 Å². The standard InChI is InChI=1S/C23H27N3O3/c1-2-16-12-18(14-21(13-16)29-11-9-19-4-3-10-25-19)22(23(27)28)26-20-7-5-17(15-24)6-8-20/h5-8,12-14,19,22,25-26H,2-4,9-11H2,1H3,(H,27,28). The second kappa shape index (κ2) is 9.94. The summed E-state index contributed by atoms with van der Waals surface area (Å²) in [6.07, 6.45) is 4.12. The molecule has 2 aromatic carbocycles. The van der Waals surface area contributed by atoms with E-state index in [9.17, 15) is 9.90 Å². The van der Waals surface area contributed by atoms with E-state index in [1.807, 2.05) is 19.1 Å². The van der Waals surface area contributed by atoms with Crippen LogP contribution in [0.1, 0.15) is 48.9 Å². The first-order chi connectivity index (χ1) is 14.1. The minimum Gasteiger partial charge on any atom is -0.494 e. The summed E-state index contributed by atoms with van der Waals surface area (Å²) in [5.74, 6) is -0.269. The van der Waals surface area contributed by atoms with Crippen molar-refractivity contribution in [3.8, 4) is 11.8 Å². The first-order valence-electron chi connectivity index (χ1n) is 10.1. The van der Waals surface area contributed by atoms with E-state index in [4.69, 9.17) is 10.00 Å². The van der Waals surface area contributed by atoms with Crippen molar-refractivity contribution in [3.05, 3.63) is 59.2 Å². The highest BCUT2D eigenvalue weighted by Gasteiger charge is 2.21. The fourth-order valence-corrected chi connectivity index (χ4v) is 3.56. The minimum atomic E-state index is -0.969. The number of carboxylic acid groups (broad SMARTS) is 1. The highest BCUT2D eigenvalue weighted by Crippen LogP contribution is 2.26. The summed E-state index contributed by atoms with van der Waals surface area (Å²) in [5, 5.41) is 25.2. The highest BCUT2D eigenvalue weighted by molar-refractivity contribution is 5.79. The van der Waals surface area contributed by atoms with Crippen molar-refractivity contribution < 1.29 is 14.6 Å². The maximum Gasteiger partial charge on any atom is 0.330 e. The molecule has 6 heteroatoms. The number of ether oxygens (including phenoxy) is 1. The van der Waals surface area contributed by atoms with Crippen LogP contribution in [0, 0.1) is 11.3 Å². The van der Waals surface area contributed by atoms with Crippen molar-refractivity contribution in [2.75, 3.05) is 18.5 Å². The number of rotatable bonds is 9. The van der Waals surface area contributed by atoms with Gasteiger partial charge in [0.2, 0.25) is 0 Å². The van der Waals surface area contributed by atoms with Crippen molar-refractivity contribution in [1.29, 1.82) is 5.26 Å². The van der Waals surface area contributed by atoms with E-state index in [1.54, 1.807) is 30.3 Å². The van der Waals surface area contributed by atoms with Crippen LogP contribution in [0.5, 0.6) is 5.75 Å². The Labute approximate surface area is 171 Å². The number of nitriles is 1. The van der Waals surface area contributed by atoms with Gasteiger partial charge in [0.15, 0.2) is 6.04 Å². The Morgan fingerprint density at radius 2 is 2.14 bits per heavy atom. The van der Waals surface area contributed by atoms with Gasteiger partial charge in [-0.25, -0.2) is 4.79 Å². The van der Waals surface area contributed by atoms with Crippen molar-refractivity contribution >= 4 is 11.7 Å². The number of nitrogens with zero attached hydrogens (tertiary/aromatic N) is 1. The lowest BCUT2D eigenvalue weighted by atomic mass is 10.0. The van der Waals surface area contributed by atoms with E-state index >= 15 is 0 Å². The van der Waals surface area contributed by atoms with E-state index in [-0.39, 0.29) is 0 Å². The van der Waals surface area contributed by atoms with Gasteiger partial charge < -0.3 is 20.5 Å². The first-order valence-corrected chi connectivity index (χ1v) is 10.1. The summed E-state index contributed by atoms with van der Waals surface area (Å²) in [7, 11) is 0. The number of hydrogen-bond acceptors (Lipinski definition) is 5. The fraction of sp³-hybridized carbons (Fsp3) is 0.391. The molecule has 1 fully saturated rings. The molecule has 0 aromatic heterocycles. The fourth-order valence-electron chi connectivity index (χ4n) is 3.56. The number of carbonyl (C=O) groups is 1. The average Bonchev–Trinajstić information content (AvgIpc) is 3.25. The van der Waals surface area contributed by atoms with Gasteiger partial charge in [-0.1, -0.05) is 13.0 Å². The third kappa shape index (κ3) is 5.72. The Kier molecular flexibility index (Phi) is 7.09. The quantitative estimate of drug-likeness (QED) is 0.599. The van der Waals surface area contributed by atoms with Crippen LogP contribution < -0.4 is 15.4 Å². The van der Waals surface area contributed by atoms with Gasteiger partial charge in [0, 0.05) is 11.7 Å². The van der Waals surface area contributed by atoms with E-state index < -0.39 is 12.0 Å². The lowest BCUT2D eigenvalue weighted by Crippen LogP contribution is -2.23. The molecule has 3 N–H and O–H groups in total. The molecule has 0 saturated carbocycles. The van der Waals surface area contributed by atoms with Crippen LogP contribution in [0.15, 0.2) is 42.5 Å². The van der Waals surface area contributed by atoms with E-state index in [0.29, 0.717) is 35.2 Å². The van der Waals surface area contributed by atoms with Crippen LogP contribution in [0.4, 0.5) is 5.69 Å². The number of aryl methyl sites for hydroxylation is 1. The average molecular weight is 393 g/mol. The number of anilines is 1.